The topological polar surface area (TPSA) is 150 Å². The molecule has 0 aliphatic carbocycles. The number of rotatable bonds is 9. The van der Waals surface area contributed by atoms with Gasteiger partial charge in [0, 0.05) is 22.8 Å². The average Bonchev–Trinajstić information content (AvgIpc) is 2.72. The summed E-state index contributed by atoms with van der Waals surface area (Å²) in [6, 6.07) is 6.42. The highest BCUT2D eigenvalue weighted by Gasteiger charge is 2.24. The molecule has 1 unspecified atom stereocenters. The molecule has 0 radical (unpaired) electrons. The van der Waals surface area contributed by atoms with Crippen LogP contribution in [0, 0.1) is 20.8 Å². The molecule has 0 fully saturated rings. The minimum absolute atomic E-state index is 0.179. The first-order chi connectivity index (χ1) is 15.3. The summed E-state index contributed by atoms with van der Waals surface area (Å²) in [7, 11) is -4.84. The Labute approximate surface area is 227 Å². The fourth-order valence-electron chi connectivity index (χ4n) is 2.37. The number of esters is 2. The van der Waals surface area contributed by atoms with Crippen LogP contribution in [0.1, 0.15) is 33.6 Å². The summed E-state index contributed by atoms with van der Waals surface area (Å²) in [5.74, 6) is -2.29. The number of hydrogen-bond acceptors (Lipinski definition) is 8. The van der Waals surface area contributed by atoms with E-state index in [1.54, 1.807) is 6.07 Å². The molecule has 1 N–H and O–H groups in total. The lowest BCUT2D eigenvalue weighted by Gasteiger charge is -2.10. The van der Waals surface area contributed by atoms with E-state index in [9.17, 15) is 32.5 Å². The largest absolute Gasteiger partial charge is 0.462 e. The van der Waals surface area contributed by atoms with Crippen LogP contribution < -0.4 is 4.74 Å². The van der Waals surface area contributed by atoms with Crippen molar-refractivity contribution < 1.29 is 41.3 Å². The highest BCUT2D eigenvalue weighted by Crippen LogP contribution is 2.30. The van der Waals surface area contributed by atoms with E-state index in [1.165, 1.54) is 0 Å². The van der Waals surface area contributed by atoms with Crippen molar-refractivity contribution in [1.82, 2.24) is 0 Å². The molecule has 15 heteroatoms. The molecule has 0 aliphatic heterocycles. The van der Waals surface area contributed by atoms with Gasteiger partial charge in [0.05, 0.1) is 22.7 Å². The molecule has 0 heterocycles. The molecule has 0 bridgehead atoms. The fourth-order valence-corrected chi connectivity index (χ4v) is 5.21. The van der Waals surface area contributed by atoms with Crippen LogP contribution in [0.4, 0.5) is 10.1 Å². The number of nitrogens with zero attached hydrogens (tertiary/aromatic N) is 1. The molecule has 0 spiro atoms. The van der Waals surface area contributed by atoms with E-state index < -0.39 is 50.3 Å². The van der Waals surface area contributed by atoms with Crippen LogP contribution in [0.2, 0.25) is 0 Å². The minimum atomic E-state index is -4.84. The third-order valence-corrected chi connectivity index (χ3v) is 8.49. The molecule has 1 atom stereocenters. The molecule has 0 saturated heterocycles. The predicted molar refractivity (Wildman–Crippen MR) is 139 cm³/mol. The molecule has 0 amide bonds. The smallest absolute Gasteiger partial charge is 0.344 e. The number of carbonyl (C=O) groups excluding carboxylic acids is 2. The minimum Gasteiger partial charge on any atom is -0.462 e. The van der Waals surface area contributed by atoms with Gasteiger partial charge in [-0.3, -0.25) is 14.7 Å². The second-order valence-corrected chi connectivity index (χ2v) is 11.3. The average molecular weight is 819 g/mol. The Balaban J connectivity index is 2.18. The van der Waals surface area contributed by atoms with Gasteiger partial charge >= 0.3 is 17.6 Å². The maximum Gasteiger partial charge on any atom is 0.344 e. The molecule has 0 aliphatic rings. The van der Waals surface area contributed by atoms with Crippen molar-refractivity contribution in [3.8, 4) is 5.75 Å². The summed E-state index contributed by atoms with van der Waals surface area (Å²) in [5.41, 5.74) is -3.05. The molecule has 0 aromatic heterocycles. The first-order valence-electron chi connectivity index (χ1n) is 8.74. The van der Waals surface area contributed by atoms with Crippen molar-refractivity contribution in [2.24, 2.45) is 0 Å². The van der Waals surface area contributed by atoms with E-state index in [0.29, 0.717) is 3.57 Å². The number of hydrogen-bond donors (Lipinski definition) is 1. The Morgan fingerprint density at radius 3 is 2.42 bits per heavy atom. The van der Waals surface area contributed by atoms with Gasteiger partial charge in [0.1, 0.15) is 0 Å². The predicted octanol–water partition coefficient (Wildman–Crippen LogP) is 4.75. The van der Waals surface area contributed by atoms with Crippen LogP contribution in [0.5, 0.6) is 5.75 Å². The SMILES string of the molecule is O=C(OCCCC(F)S(=O)(=O)O)c1ccc([N+](=O)[O-])c(OC(=O)c2cc(I)cc(I)c2I)c1. The summed E-state index contributed by atoms with van der Waals surface area (Å²) in [4.78, 5) is 35.5. The molecule has 10 nitrogen and oxygen atoms in total. The number of ether oxygens (including phenoxy) is 2. The zero-order valence-electron chi connectivity index (χ0n) is 16.2. The van der Waals surface area contributed by atoms with Crippen molar-refractivity contribution in [3.63, 3.8) is 0 Å². The first kappa shape index (κ1) is 28.1. The van der Waals surface area contributed by atoms with Crippen molar-refractivity contribution >= 4 is 95.5 Å². The number of nitro groups is 1. The van der Waals surface area contributed by atoms with Crippen molar-refractivity contribution in [2.45, 2.75) is 18.3 Å². The van der Waals surface area contributed by atoms with Crippen LogP contribution in [0.25, 0.3) is 0 Å². The standard InChI is InChI=1S/C18H13FI3NO9S/c19-15(33(28,29)30)2-1-5-31-17(24)9-3-4-13(23(26)27)14(6-9)32-18(25)11-7-10(20)8-12(21)16(11)22/h3-4,6-8,15H,1-2,5H2,(H,28,29,30). The summed E-state index contributed by atoms with van der Waals surface area (Å²) in [6.07, 6.45) is -0.798. The number of benzene rings is 2. The number of carbonyl (C=O) groups is 2. The zero-order valence-corrected chi connectivity index (χ0v) is 23.5. The van der Waals surface area contributed by atoms with Gasteiger partial charge in [-0.1, -0.05) is 0 Å². The Morgan fingerprint density at radius 2 is 1.82 bits per heavy atom. The molecule has 33 heavy (non-hydrogen) atoms. The lowest BCUT2D eigenvalue weighted by Crippen LogP contribution is -2.16. The Kier molecular flexibility index (Phi) is 10.2. The van der Waals surface area contributed by atoms with Crippen LogP contribution in [-0.4, -0.2) is 41.9 Å². The van der Waals surface area contributed by atoms with Gasteiger partial charge in [0.2, 0.25) is 11.3 Å². The van der Waals surface area contributed by atoms with E-state index in [2.05, 4.69) is 0 Å². The van der Waals surface area contributed by atoms with Gasteiger partial charge in [-0.15, -0.1) is 0 Å². The molecule has 2 aromatic rings. The van der Waals surface area contributed by atoms with Crippen LogP contribution in [0.3, 0.4) is 0 Å². The highest BCUT2D eigenvalue weighted by molar-refractivity contribution is 14.1. The summed E-state index contributed by atoms with van der Waals surface area (Å²) < 4.78 is 55.2. The van der Waals surface area contributed by atoms with E-state index >= 15 is 0 Å². The molecule has 2 aromatic carbocycles. The number of halogens is 4. The van der Waals surface area contributed by atoms with Crippen molar-refractivity contribution in [2.75, 3.05) is 6.61 Å². The lowest BCUT2D eigenvalue weighted by atomic mass is 10.2. The first-order valence-corrected chi connectivity index (χ1v) is 13.5. The second-order valence-electron chi connectivity index (χ2n) is 6.28. The summed E-state index contributed by atoms with van der Waals surface area (Å²) in [6.45, 7) is -0.375. The molecule has 2 rings (SSSR count). The molecule has 178 valence electrons. The van der Waals surface area contributed by atoms with Crippen molar-refractivity contribution in [1.29, 1.82) is 0 Å². The third-order valence-electron chi connectivity index (χ3n) is 3.94. The van der Waals surface area contributed by atoms with E-state index in [-0.39, 0.29) is 24.2 Å². The van der Waals surface area contributed by atoms with Gasteiger partial charge in [-0.25, -0.2) is 14.0 Å². The maximum atomic E-state index is 13.2. The fraction of sp³-hybridized carbons (Fsp3) is 0.222. The Hall–Kier alpha value is -1.19. The third kappa shape index (κ3) is 7.92. The monoisotopic (exact) mass is 819 g/mol. The Morgan fingerprint density at radius 1 is 1.15 bits per heavy atom. The van der Waals surface area contributed by atoms with Gasteiger partial charge in [0.15, 0.2) is 0 Å². The quantitative estimate of drug-likeness (QED) is 0.0553. The van der Waals surface area contributed by atoms with Gasteiger partial charge in [-0.05, 0) is 98.8 Å². The summed E-state index contributed by atoms with van der Waals surface area (Å²) >= 11 is 5.99. The van der Waals surface area contributed by atoms with Gasteiger partial charge in [0.25, 0.3) is 10.1 Å². The zero-order chi connectivity index (χ0) is 24.9. The lowest BCUT2D eigenvalue weighted by molar-refractivity contribution is -0.385. The maximum absolute atomic E-state index is 13.2. The highest BCUT2D eigenvalue weighted by atomic mass is 127. The second kappa shape index (κ2) is 12.0. The Bertz CT molecular complexity index is 1210. The van der Waals surface area contributed by atoms with Gasteiger partial charge in [-0.2, -0.15) is 8.42 Å². The summed E-state index contributed by atoms with van der Waals surface area (Å²) in [5, 5.41) is 11.3. The molecule has 0 saturated carbocycles. The normalized spacial score (nSPS) is 12.2. The molecular formula is C18H13FI3NO9S. The molecular weight excluding hydrogens is 806 g/mol. The van der Waals surface area contributed by atoms with E-state index in [4.69, 9.17) is 14.0 Å². The van der Waals surface area contributed by atoms with Crippen molar-refractivity contribution in [3.05, 3.63) is 62.3 Å². The van der Waals surface area contributed by atoms with Gasteiger partial charge < -0.3 is 9.47 Å². The van der Waals surface area contributed by atoms with E-state index in [0.717, 1.165) is 25.3 Å². The van der Waals surface area contributed by atoms with Crippen LogP contribution in [-0.2, 0) is 14.9 Å². The number of nitro benzene ring substituents is 1. The number of alkyl halides is 1. The van der Waals surface area contributed by atoms with Crippen LogP contribution in [0.15, 0.2) is 30.3 Å². The van der Waals surface area contributed by atoms with E-state index in [1.807, 2.05) is 73.8 Å². The van der Waals surface area contributed by atoms with Crippen LogP contribution >= 0.6 is 67.8 Å².